The van der Waals surface area contributed by atoms with Crippen molar-refractivity contribution in [1.29, 1.82) is 5.26 Å². The molecule has 1 spiro atoms. The number of rotatable bonds is 7. The Bertz CT molecular complexity index is 1170. The first-order chi connectivity index (χ1) is 17.3. The molecule has 2 aliphatic heterocycles. The van der Waals surface area contributed by atoms with E-state index in [1.807, 2.05) is 20.8 Å². The van der Waals surface area contributed by atoms with Gasteiger partial charge >= 0.3 is 0 Å². The van der Waals surface area contributed by atoms with E-state index in [0.29, 0.717) is 31.0 Å². The minimum atomic E-state index is -1.08. The number of amides is 3. The summed E-state index contributed by atoms with van der Waals surface area (Å²) in [6, 6.07) is 5.01. The number of nitriles is 1. The van der Waals surface area contributed by atoms with Crippen LogP contribution in [0.5, 0.6) is 0 Å². The number of carbonyl (C=O) groups is 4. The summed E-state index contributed by atoms with van der Waals surface area (Å²) in [6.45, 7) is 6.37. The number of likely N-dealkylation sites (tertiary alicyclic amines) is 1. The molecule has 8 nitrogen and oxygen atoms in total. The van der Waals surface area contributed by atoms with Gasteiger partial charge in [0, 0.05) is 29.6 Å². The van der Waals surface area contributed by atoms with Crippen LogP contribution in [0.15, 0.2) is 18.2 Å². The minimum Gasteiger partial charge on any atom is -0.356 e. The Morgan fingerprint density at radius 3 is 2.54 bits per heavy atom. The molecular formula is C27H32Cl2N4O4. The van der Waals surface area contributed by atoms with Crippen molar-refractivity contribution in [3.05, 3.63) is 33.8 Å². The van der Waals surface area contributed by atoms with Crippen LogP contribution in [0.4, 0.5) is 0 Å². The third kappa shape index (κ3) is 5.78. The number of hydrogen-bond acceptors (Lipinski definition) is 5. The standard InChI is InChI=1S/C27H32Cl2N4O4/c1-26(2,3)21(22(34)18-11-16(28)4-5-19(18)29)25(37)33-14-27(7-8-27)12-20(33)24(36)32-17(13-30)10-15-6-9-31-23(15)35/h4-5,11,15,17,20-21H,6-10,12,14H2,1-3H3,(H,31,35)(H,32,36)/t15-,17-,20-,21-/m0/s1. The molecule has 4 rings (SSSR count). The van der Waals surface area contributed by atoms with Crippen LogP contribution in [0.25, 0.3) is 0 Å². The minimum absolute atomic E-state index is 0.115. The second kappa shape index (κ2) is 10.3. The number of benzene rings is 1. The maximum absolute atomic E-state index is 14.0. The quantitative estimate of drug-likeness (QED) is 0.398. The van der Waals surface area contributed by atoms with E-state index in [-0.39, 0.29) is 34.2 Å². The number of Topliss-reactive ketones (excluding diaryl/α,β-unsaturated/α-hetero) is 1. The van der Waals surface area contributed by atoms with Gasteiger partial charge in [-0.25, -0.2) is 0 Å². The first kappa shape index (κ1) is 27.4. The van der Waals surface area contributed by atoms with Crippen LogP contribution in [0.2, 0.25) is 10.0 Å². The molecule has 3 amide bonds. The number of hydrogen-bond donors (Lipinski definition) is 2. The molecule has 1 aliphatic carbocycles. The lowest BCUT2D eigenvalue weighted by molar-refractivity contribution is -0.142. The predicted molar refractivity (Wildman–Crippen MR) is 139 cm³/mol. The molecule has 1 aromatic rings. The Morgan fingerprint density at radius 2 is 1.97 bits per heavy atom. The molecule has 198 valence electrons. The van der Waals surface area contributed by atoms with Gasteiger partial charge in [-0.1, -0.05) is 44.0 Å². The maximum atomic E-state index is 14.0. The second-order valence-electron chi connectivity index (χ2n) is 11.7. The van der Waals surface area contributed by atoms with Gasteiger partial charge in [-0.15, -0.1) is 0 Å². The molecule has 0 radical (unpaired) electrons. The molecule has 4 atom stereocenters. The van der Waals surface area contributed by atoms with E-state index in [0.717, 1.165) is 12.8 Å². The molecule has 1 aromatic carbocycles. The van der Waals surface area contributed by atoms with Crippen molar-refractivity contribution in [2.24, 2.45) is 22.7 Å². The van der Waals surface area contributed by atoms with Crippen LogP contribution in [0.1, 0.15) is 63.2 Å². The Balaban J connectivity index is 1.57. The number of nitrogens with one attached hydrogen (secondary N) is 2. The first-order valence-electron chi connectivity index (χ1n) is 12.6. The van der Waals surface area contributed by atoms with Crippen LogP contribution >= 0.6 is 23.2 Å². The third-order valence-corrected chi connectivity index (χ3v) is 8.34. The fraction of sp³-hybridized carbons (Fsp3) is 0.593. The summed E-state index contributed by atoms with van der Waals surface area (Å²) in [4.78, 5) is 54.6. The molecule has 0 bridgehead atoms. The highest BCUT2D eigenvalue weighted by atomic mass is 35.5. The largest absolute Gasteiger partial charge is 0.356 e. The molecule has 0 unspecified atom stereocenters. The molecule has 2 N–H and O–H groups in total. The molecule has 3 aliphatic rings. The van der Waals surface area contributed by atoms with Crippen molar-refractivity contribution < 1.29 is 19.2 Å². The summed E-state index contributed by atoms with van der Waals surface area (Å²) in [5, 5.41) is 15.7. The van der Waals surface area contributed by atoms with E-state index in [1.165, 1.54) is 17.0 Å². The molecular weight excluding hydrogens is 515 g/mol. The number of ketones is 1. The summed E-state index contributed by atoms with van der Waals surface area (Å²) in [7, 11) is 0. The van der Waals surface area contributed by atoms with Crippen molar-refractivity contribution in [3.63, 3.8) is 0 Å². The van der Waals surface area contributed by atoms with E-state index >= 15 is 0 Å². The van der Waals surface area contributed by atoms with Crippen molar-refractivity contribution in [2.75, 3.05) is 13.1 Å². The van der Waals surface area contributed by atoms with Gasteiger partial charge in [0.2, 0.25) is 17.7 Å². The topological polar surface area (TPSA) is 119 Å². The average molecular weight is 547 g/mol. The first-order valence-corrected chi connectivity index (χ1v) is 13.4. The lowest BCUT2D eigenvalue weighted by Crippen LogP contribution is -2.53. The van der Waals surface area contributed by atoms with Crippen LogP contribution in [0, 0.1) is 34.0 Å². The van der Waals surface area contributed by atoms with Gasteiger partial charge in [0.05, 0.1) is 11.1 Å². The van der Waals surface area contributed by atoms with E-state index in [9.17, 15) is 24.4 Å². The Kier molecular flexibility index (Phi) is 7.60. The fourth-order valence-corrected chi connectivity index (χ4v) is 5.89. The zero-order chi connectivity index (χ0) is 27.1. The molecule has 1 saturated carbocycles. The van der Waals surface area contributed by atoms with Gasteiger partial charge in [0.1, 0.15) is 18.0 Å². The predicted octanol–water partition coefficient (Wildman–Crippen LogP) is 3.75. The van der Waals surface area contributed by atoms with Crippen molar-refractivity contribution in [3.8, 4) is 6.07 Å². The van der Waals surface area contributed by atoms with Crippen LogP contribution in [-0.2, 0) is 14.4 Å². The maximum Gasteiger partial charge on any atom is 0.243 e. The third-order valence-electron chi connectivity index (χ3n) is 7.78. The molecule has 2 heterocycles. The molecule has 2 saturated heterocycles. The van der Waals surface area contributed by atoms with Crippen LogP contribution < -0.4 is 10.6 Å². The summed E-state index contributed by atoms with van der Waals surface area (Å²) in [6.07, 6.45) is 3.12. The smallest absolute Gasteiger partial charge is 0.243 e. The van der Waals surface area contributed by atoms with E-state index in [4.69, 9.17) is 23.2 Å². The van der Waals surface area contributed by atoms with Gasteiger partial charge in [0.25, 0.3) is 0 Å². The number of nitrogens with zero attached hydrogens (tertiary/aromatic N) is 2. The van der Waals surface area contributed by atoms with Crippen molar-refractivity contribution >= 4 is 46.7 Å². The summed E-state index contributed by atoms with van der Waals surface area (Å²) in [5.74, 6) is -2.82. The summed E-state index contributed by atoms with van der Waals surface area (Å²) < 4.78 is 0. The Morgan fingerprint density at radius 1 is 1.27 bits per heavy atom. The van der Waals surface area contributed by atoms with E-state index in [2.05, 4.69) is 16.7 Å². The van der Waals surface area contributed by atoms with Gasteiger partial charge in [-0.2, -0.15) is 5.26 Å². The van der Waals surface area contributed by atoms with Gasteiger partial charge < -0.3 is 15.5 Å². The zero-order valence-electron chi connectivity index (χ0n) is 21.3. The SMILES string of the molecule is CC(C)(C)[C@@H](C(=O)c1cc(Cl)ccc1Cl)C(=O)N1CC2(CC2)C[C@H]1C(=O)N[C@H](C#N)C[C@@H]1CCNC1=O. The normalized spacial score (nSPS) is 23.8. The van der Waals surface area contributed by atoms with E-state index < -0.39 is 41.0 Å². The summed E-state index contributed by atoms with van der Waals surface area (Å²) in [5.41, 5.74) is -0.724. The average Bonchev–Trinajstić information content (AvgIpc) is 3.28. The van der Waals surface area contributed by atoms with Crippen molar-refractivity contribution in [1.82, 2.24) is 15.5 Å². The second-order valence-corrected chi connectivity index (χ2v) is 12.5. The highest BCUT2D eigenvalue weighted by molar-refractivity contribution is 6.36. The van der Waals surface area contributed by atoms with Gasteiger partial charge in [-0.05, 0) is 61.1 Å². The monoisotopic (exact) mass is 546 g/mol. The lowest BCUT2D eigenvalue weighted by Gasteiger charge is -2.34. The number of halogens is 2. The van der Waals surface area contributed by atoms with Crippen LogP contribution in [-0.4, -0.2) is 53.6 Å². The van der Waals surface area contributed by atoms with E-state index in [1.54, 1.807) is 6.07 Å². The number of carbonyl (C=O) groups excluding carboxylic acids is 4. The van der Waals surface area contributed by atoms with Gasteiger partial charge in [-0.3, -0.25) is 19.2 Å². The molecule has 10 heteroatoms. The summed E-state index contributed by atoms with van der Waals surface area (Å²) >= 11 is 12.4. The van der Waals surface area contributed by atoms with Crippen molar-refractivity contribution in [2.45, 2.75) is 65.0 Å². The molecule has 37 heavy (non-hydrogen) atoms. The highest BCUT2D eigenvalue weighted by Gasteiger charge is 2.57. The Labute approximate surface area is 227 Å². The molecule has 3 fully saturated rings. The molecule has 0 aromatic heterocycles. The van der Waals surface area contributed by atoms with Crippen LogP contribution in [0.3, 0.4) is 0 Å². The lowest BCUT2D eigenvalue weighted by atomic mass is 9.75. The highest BCUT2D eigenvalue weighted by Crippen LogP contribution is 2.55. The zero-order valence-corrected chi connectivity index (χ0v) is 22.8. The fourth-order valence-electron chi connectivity index (χ4n) is 5.51. The Hall–Kier alpha value is -2.63. The van der Waals surface area contributed by atoms with Gasteiger partial charge in [0.15, 0.2) is 5.78 Å².